The van der Waals surface area contributed by atoms with E-state index < -0.39 is 5.54 Å². The van der Waals surface area contributed by atoms with Crippen LogP contribution in [0.2, 0.25) is 0 Å². The molecule has 0 rings (SSSR count). The Balaban J connectivity index is 4.66. The van der Waals surface area contributed by atoms with Gasteiger partial charge in [0, 0.05) is 6.04 Å². The molecule has 1 unspecified atom stereocenters. The van der Waals surface area contributed by atoms with Crippen LogP contribution in [0.4, 0.5) is 0 Å². The van der Waals surface area contributed by atoms with Crippen LogP contribution in [0.15, 0.2) is 0 Å². The summed E-state index contributed by atoms with van der Waals surface area (Å²) in [4.78, 5) is 11.8. The molecule has 0 aromatic heterocycles. The van der Waals surface area contributed by atoms with Crippen molar-refractivity contribution in [3.63, 3.8) is 0 Å². The van der Waals surface area contributed by atoms with Crippen molar-refractivity contribution in [2.45, 2.75) is 65.1 Å². The Morgan fingerprint density at radius 3 is 2.18 bits per heavy atom. The molecule has 0 aromatic carbocycles. The van der Waals surface area contributed by atoms with Gasteiger partial charge in [0.2, 0.25) is 0 Å². The average Bonchev–Trinajstić information content (AvgIpc) is 2.24. The number of esters is 1. The summed E-state index contributed by atoms with van der Waals surface area (Å²) < 4.78 is 10.6. The molecule has 0 radical (unpaired) electrons. The predicted octanol–water partition coefficient (Wildman–Crippen LogP) is 2.12. The number of carbonyl (C=O) groups is 1. The Labute approximate surface area is 105 Å². The summed E-state index contributed by atoms with van der Waals surface area (Å²) in [5.41, 5.74) is -1.02. The molecule has 0 aromatic rings. The minimum atomic E-state index is -0.796. The van der Waals surface area contributed by atoms with Gasteiger partial charge in [0.1, 0.15) is 5.54 Å². The van der Waals surface area contributed by atoms with Crippen molar-refractivity contribution >= 4 is 5.97 Å². The summed E-state index contributed by atoms with van der Waals surface area (Å²) in [5, 5.41) is 3.20. The number of nitrogens with one attached hydrogen (secondary N) is 1. The van der Waals surface area contributed by atoms with Crippen molar-refractivity contribution in [2.75, 3.05) is 13.7 Å². The van der Waals surface area contributed by atoms with Crippen LogP contribution >= 0.6 is 0 Å². The molecule has 4 nitrogen and oxygen atoms in total. The standard InChI is InChI=1S/C13H27NO3/c1-8-12(4,5)17-9-13(6,11(15)16-7)14-10(2)3/h10,14H,8-9H2,1-7H3. The second-order valence-electron chi connectivity index (χ2n) is 5.52. The van der Waals surface area contributed by atoms with Gasteiger partial charge in [-0.2, -0.15) is 0 Å². The molecule has 0 amide bonds. The quantitative estimate of drug-likeness (QED) is 0.698. The Bertz CT molecular complexity index is 251. The highest BCUT2D eigenvalue weighted by Gasteiger charge is 2.36. The molecule has 1 N–H and O–H groups in total. The van der Waals surface area contributed by atoms with E-state index in [1.807, 2.05) is 34.6 Å². The van der Waals surface area contributed by atoms with E-state index in [2.05, 4.69) is 12.2 Å². The highest BCUT2D eigenvalue weighted by atomic mass is 16.5. The van der Waals surface area contributed by atoms with Crippen LogP contribution in [-0.4, -0.2) is 36.9 Å². The van der Waals surface area contributed by atoms with Crippen LogP contribution in [0.5, 0.6) is 0 Å². The van der Waals surface area contributed by atoms with Gasteiger partial charge in [-0.25, -0.2) is 4.79 Å². The number of hydrogen-bond acceptors (Lipinski definition) is 4. The zero-order valence-corrected chi connectivity index (χ0v) is 12.2. The monoisotopic (exact) mass is 245 g/mol. The van der Waals surface area contributed by atoms with E-state index in [1.165, 1.54) is 7.11 Å². The highest BCUT2D eigenvalue weighted by Crippen LogP contribution is 2.18. The van der Waals surface area contributed by atoms with E-state index in [-0.39, 0.29) is 17.6 Å². The summed E-state index contributed by atoms with van der Waals surface area (Å²) in [6, 6.07) is 0.187. The molecule has 17 heavy (non-hydrogen) atoms. The minimum absolute atomic E-state index is 0.187. The van der Waals surface area contributed by atoms with Crippen molar-refractivity contribution < 1.29 is 14.3 Å². The van der Waals surface area contributed by atoms with Gasteiger partial charge in [0.25, 0.3) is 0 Å². The van der Waals surface area contributed by atoms with Crippen molar-refractivity contribution in [1.29, 1.82) is 0 Å². The van der Waals surface area contributed by atoms with Crippen molar-refractivity contribution in [1.82, 2.24) is 5.32 Å². The third kappa shape index (κ3) is 5.50. The fraction of sp³-hybridized carbons (Fsp3) is 0.923. The van der Waals surface area contributed by atoms with Gasteiger partial charge in [0.15, 0.2) is 0 Å². The predicted molar refractivity (Wildman–Crippen MR) is 69.0 cm³/mol. The summed E-state index contributed by atoms with van der Waals surface area (Å²) in [6.07, 6.45) is 0.895. The largest absolute Gasteiger partial charge is 0.468 e. The molecule has 0 saturated heterocycles. The molecule has 0 bridgehead atoms. The van der Waals surface area contributed by atoms with E-state index in [1.54, 1.807) is 0 Å². The van der Waals surface area contributed by atoms with Gasteiger partial charge in [0.05, 0.1) is 19.3 Å². The summed E-state index contributed by atoms with van der Waals surface area (Å²) in [6.45, 7) is 12.2. The molecule has 0 fully saturated rings. The first-order chi connectivity index (χ1) is 7.67. The van der Waals surface area contributed by atoms with Crippen LogP contribution in [0, 0.1) is 0 Å². The topological polar surface area (TPSA) is 47.6 Å². The summed E-state index contributed by atoms with van der Waals surface area (Å²) in [5.74, 6) is -0.293. The van der Waals surface area contributed by atoms with Gasteiger partial charge in [-0.1, -0.05) is 6.92 Å². The number of methoxy groups -OCH3 is 1. The SMILES string of the molecule is CCC(C)(C)OCC(C)(NC(C)C)C(=O)OC. The number of carbonyl (C=O) groups excluding carboxylic acids is 1. The second kappa shape index (κ2) is 6.36. The lowest BCUT2D eigenvalue weighted by molar-refractivity contribution is -0.154. The first kappa shape index (κ1) is 16.4. The Morgan fingerprint density at radius 1 is 1.29 bits per heavy atom. The first-order valence-electron chi connectivity index (χ1n) is 6.17. The van der Waals surface area contributed by atoms with Gasteiger partial charge < -0.3 is 9.47 Å². The van der Waals surface area contributed by atoms with E-state index in [9.17, 15) is 4.79 Å². The number of hydrogen-bond donors (Lipinski definition) is 1. The molecule has 1 atom stereocenters. The maximum Gasteiger partial charge on any atom is 0.328 e. The van der Waals surface area contributed by atoms with Gasteiger partial charge in [-0.3, -0.25) is 5.32 Å². The highest BCUT2D eigenvalue weighted by molar-refractivity contribution is 5.80. The van der Waals surface area contributed by atoms with Crippen molar-refractivity contribution in [3.8, 4) is 0 Å². The van der Waals surface area contributed by atoms with E-state index >= 15 is 0 Å². The lowest BCUT2D eigenvalue weighted by Gasteiger charge is -2.34. The van der Waals surface area contributed by atoms with Crippen molar-refractivity contribution in [3.05, 3.63) is 0 Å². The van der Waals surface area contributed by atoms with Crippen LogP contribution in [0.25, 0.3) is 0 Å². The van der Waals surface area contributed by atoms with E-state index in [0.29, 0.717) is 6.61 Å². The molecule has 0 saturated carbocycles. The van der Waals surface area contributed by atoms with E-state index in [0.717, 1.165) is 6.42 Å². The molecule has 4 heteroatoms. The molecule has 0 aliphatic carbocycles. The van der Waals surface area contributed by atoms with E-state index in [4.69, 9.17) is 9.47 Å². The zero-order valence-electron chi connectivity index (χ0n) is 12.2. The molecule has 0 spiro atoms. The molecular weight excluding hydrogens is 218 g/mol. The maximum atomic E-state index is 11.8. The van der Waals surface area contributed by atoms with Gasteiger partial charge >= 0.3 is 5.97 Å². The normalized spacial score (nSPS) is 15.8. The van der Waals surface area contributed by atoms with Crippen LogP contribution < -0.4 is 5.32 Å². The Morgan fingerprint density at radius 2 is 1.82 bits per heavy atom. The molecular formula is C13H27NO3. The fourth-order valence-corrected chi connectivity index (χ4v) is 1.46. The van der Waals surface area contributed by atoms with Crippen LogP contribution in [0.1, 0.15) is 48.0 Å². The number of ether oxygens (including phenoxy) is 2. The lowest BCUT2D eigenvalue weighted by Crippen LogP contribution is -2.57. The van der Waals surface area contributed by atoms with Crippen molar-refractivity contribution in [2.24, 2.45) is 0 Å². The zero-order chi connectivity index (χ0) is 13.7. The fourth-order valence-electron chi connectivity index (χ4n) is 1.46. The lowest BCUT2D eigenvalue weighted by atomic mass is 10.0. The first-order valence-corrected chi connectivity index (χ1v) is 6.17. The molecule has 0 aliphatic rings. The Kier molecular flexibility index (Phi) is 6.13. The third-order valence-electron chi connectivity index (χ3n) is 2.85. The second-order valence-corrected chi connectivity index (χ2v) is 5.52. The smallest absolute Gasteiger partial charge is 0.328 e. The molecule has 0 aliphatic heterocycles. The third-order valence-corrected chi connectivity index (χ3v) is 2.85. The molecule has 102 valence electrons. The Hall–Kier alpha value is -0.610. The summed E-state index contributed by atoms with van der Waals surface area (Å²) in [7, 11) is 1.40. The van der Waals surface area contributed by atoms with Gasteiger partial charge in [-0.05, 0) is 41.0 Å². The van der Waals surface area contributed by atoms with Crippen LogP contribution in [0.3, 0.4) is 0 Å². The average molecular weight is 245 g/mol. The maximum absolute atomic E-state index is 11.8. The number of rotatable bonds is 7. The minimum Gasteiger partial charge on any atom is -0.468 e. The molecule has 0 heterocycles. The van der Waals surface area contributed by atoms with Gasteiger partial charge in [-0.15, -0.1) is 0 Å². The summed E-state index contributed by atoms with van der Waals surface area (Å²) >= 11 is 0. The van der Waals surface area contributed by atoms with Crippen LogP contribution in [-0.2, 0) is 14.3 Å².